The molecule has 1 N–H and O–H groups in total. The number of piperidine rings is 3. The molecule has 2 bridgehead atoms. The van der Waals surface area contributed by atoms with Crippen molar-refractivity contribution < 1.29 is 4.79 Å². The molecule has 1 amide bonds. The van der Waals surface area contributed by atoms with Gasteiger partial charge in [0.25, 0.3) is 5.91 Å². The van der Waals surface area contributed by atoms with E-state index >= 15 is 0 Å². The number of nitrogens with zero attached hydrogens (tertiary/aromatic N) is 3. The zero-order chi connectivity index (χ0) is 15.8. The molecule has 0 aromatic carbocycles. The van der Waals surface area contributed by atoms with E-state index in [-0.39, 0.29) is 11.9 Å². The van der Waals surface area contributed by atoms with Crippen LogP contribution in [0.15, 0.2) is 29.9 Å². The van der Waals surface area contributed by atoms with Crippen molar-refractivity contribution in [1.82, 2.24) is 20.2 Å². The van der Waals surface area contributed by atoms with Crippen LogP contribution < -0.4 is 5.32 Å². The fourth-order valence-electron chi connectivity index (χ4n) is 3.77. The Hall–Kier alpha value is -1.79. The summed E-state index contributed by atoms with van der Waals surface area (Å²) in [6, 6.07) is 4.50. The first kappa shape index (κ1) is 14.8. The summed E-state index contributed by atoms with van der Waals surface area (Å²) in [6.07, 6.45) is 5.89. The number of nitrogens with one attached hydrogen (secondary N) is 1. The Morgan fingerprint density at radius 3 is 2.91 bits per heavy atom. The zero-order valence-electron chi connectivity index (χ0n) is 13.1. The predicted molar refractivity (Wildman–Crippen MR) is 90.4 cm³/mol. The van der Waals surface area contributed by atoms with Gasteiger partial charge in [-0.3, -0.25) is 14.7 Å². The number of aromatic nitrogens is 2. The molecule has 3 fully saturated rings. The predicted octanol–water partition coefficient (Wildman–Crippen LogP) is 2.42. The minimum absolute atomic E-state index is 0.0537. The van der Waals surface area contributed by atoms with Crippen molar-refractivity contribution in [2.45, 2.75) is 31.8 Å². The van der Waals surface area contributed by atoms with Crippen LogP contribution in [-0.2, 0) is 0 Å². The molecule has 5 nitrogen and oxygen atoms in total. The first-order chi connectivity index (χ1) is 11.2. The molecular weight excluding hydrogens is 308 g/mol. The maximum Gasteiger partial charge on any atom is 0.271 e. The lowest BCUT2D eigenvalue weighted by atomic mass is 9.79. The van der Waals surface area contributed by atoms with E-state index in [4.69, 9.17) is 0 Å². The van der Waals surface area contributed by atoms with Gasteiger partial charge in [-0.2, -0.15) is 0 Å². The van der Waals surface area contributed by atoms with Gasteiger partial charge in [0.15, 0.2) is 0 Å². The number of hydrogen-bond acceptors (Lipinski definition) is 5. The van der Waals surface area contributed by atoms with Gasteiger partial charge >= 0.3 is 0 Å². The lowest BCUT2D eigenvalue weighted by Crippen LogP contribution is -2.62. The monoisotopic (exact) mass is 328 g/mol. The maximum atomic E-state index is 12.6. The molecule has 6 heteroatoms. The standard InChI is InChI=1S/C17H20N4OS/c1-11-15(12-4-7-21(11)8-5-12)20-16(22)14-10-23-17(19-14)13-3-2-6-18-9-13/h2-3,6,9-12,15H,4-5,7-8H2,1H3,(H,20,22)/t11-,15-/m0/s1. The van der Waals surface area contributed by atoms with Gasteiger partial charge in [0.2, 0.25) is 0 Å². The van der Waals surface area contributed by atoms with Gasteiger partial charge in [0.05, 0.1) is 0 Å². The van der Waals surface area contributed by atoms with Crippen LogP contribution in [0.1, 0.15) is 30.3 Å². The molecule has 3 aliphatic rings. The molecule has 5 heterocycles. The molecule has 2 atom stereocenters. The van der Waals surface area contributed by atoms with Crippen LogP contribution in [0, 0.1) is 5.92 Å². The Bertz CT molecular complexity index is 692. The first-order valence-electron chi connectivity index (χ1n) is 8.13. The molecule has 23 heavy (non-hydrogen) atoms. The summed E-state index contributed by atoms with van der Waals surface area (Å²) in [5.74, 6) is 0.553. The molecule has 5 rings (SSSR count). The van der Waals surface area contributed by atoms with E-state index in [0.717, 1.165) is 10.6 Å². The van der Waals surface area contributed by atoms with E-state index in [9.17, 15) is 4.79 Å². The minimum atomic E-state index is -0.0537. The zero-order valence-corrected chi connectivity index (χ0v) is 13.9. The molecule has 0 unspecified atom stereocenters. The van der Waals surface area contributed by atoms with Gasteiger partial charge in [-0.1, -0.05) is 0 Å². The van der Waals surface area contributed by atoms with Crippen molar-refractivity contribution in [1.29, 1.82) is 0 Å². The summed E-state index contributed by atoms with van der Waals surface area (Å²) in [4.78, 5) is 23.6. The van der Waals surface area contributed by atoms with Gasteiger partial charge in [-0.15, -0.1) is 11.3 Å². The smallest absolute Gasteiger partial charge is 0.271 e. The maximum absolute atomic E-state index is 12.6. The van der Waals surface area contributed by atoms with Crippen molar-refractivity contribution in [2.75, 3.05) is 13.1 Å². The van der Waals surface area contributed by atoms with Crippen molar-refractivity contribution in [3.05, 3.63) is 35.6 Å². The van der Waals surface area contributed by atoms with Crippen molar-refractivity contribution in [3.8, 4) is 10.6 Å². The summed E-state index contributed by atoms with van der Waals surface area (Å²) < 4.78 is 0. The summed E-state index contributed by atoms with van der Waals surface area (Å²) in [5.41, 5.74) is 1.46. The van der Waals surface area contributed by atoms with Gasteiger partial charge in [0.1, 0.15) is 10.7 Å². The lowest BCUT2D eigenvalue weighted by Gasteiger charge is -2.49. The van der Waals surface area contributed by atoms with Gasteiger partial charge in [0, 0.05) is 35.4 Å². The number of pyridine rings is 1. The van der Waals surface area contributed by atoms with Crippen LogP contribution in [0.4, 0.5) is 0 Å². The van der Waals surface area contributed by atoms with E-state index in [1.165, 1.54) is 37.3 Å². The van der Waals surface area contributed by atoms with Crippen LogP contribution >= 0.6 is 11.3 Å². The third-order valence-corrected chi connectivity index (χ3v) is 6.01. The summed E-state index contributed by atoms with van der Waals surface area (Å²) >= 11 is 1.49. The molecule has 0 saturated carbocycles. The number of amides is 1. The van der Waals surface area contributed by atoms with Crippen molar-refractivity contribution in [3.63, 3.8) is 0 Å². The molecule has 2 aromatic rings. The van der Waals surface area contributed by atoms with Gasteiger partial charge < -0.3 is 5.32 Å². The van der Waals surface area contributed by atoms with Crippen LogP contribution in [0.2, 0.25) is 0 Å². The molecule has 3 saturated heterocycles. The Balaban J connectivity index is 1.49. The summed E-state index contributed by atoms with van der Waals surface area (Å²) in [7, 11) is 0. The Labute approximate surface area is 139 Å². The second kappa shape index (κ2) is 6.02. The van der Waals surface area contributed by atoms with Crippen LogP contribution in [0.5, 0.6) is 0 Å². The fourth-order valence-corrected chi connectivity index (χ4v) is 4.56. The number of thiazole rings is 1. The molecule has 0 radical (unpaired) electrons. The largest absolute Gasteiger partial charge is 0.346 e. The minimum Gasteiger partial charge on any atom is -0.346 e. The average molecular weight is 328 g/mol. The molecule has 2 aromatic heterocycles. The number of rotatable bonds is 3. The highest BCUT2D eigenvalue weighted by atomic mass is 32.1. The second-order valence-electron chi connectivity index (χ2n) is 6.39. The second-order valence-corrected chi connectivity index (χ2v) is 7.25. The normalized spacial score (nSPS) is 29.4. The SMILES string of the molecule is C[C@H]1[C@H](NC(=O)c2csc(-c3cccnc3)n2)C2CCN1CC2. The van der Waals surface area contributed by atoms with Crippen molar-refractivity contribution >= 4 is 17.2 Å². The third kappa shape index (κ3) is 2.77. The molecular formula is C17H20N4OS. The average Bonchev–Trinajstić information content (AvgIpc) is 3.09. The van der Waals surface area contributed by atoms with Gasteiger partial charge in [-0.25, -0.2) is 4.98 Å². The Morgan fingerprint density at radius 2 is 2.22 bits per heavy atom. The Morgan fingerprint density at radius 1 is 1.39 bits per heavy atom. The van der Waals surface area contributed by atoms with E-state index in [1.54, 1.807) is 12.4 Å². The number of carbonyl (C=O) groups excluding carboxylic acids is 1. The lowest BCUT2D eigenvalue weighted by molar-refractivity contribution is 0.0216. The van der Waals surface area contributed by atoms with Gasteiger partial charge in [-0.05, 0) is 50.9 Å². The van der Waals surface area contributed by atoms with E-state index in [0.29, 0.717) is 17.7 Å². The first-order valence-corrected chi connectivity index (χ1v) is 9.01. The quantitative estimate of drug-likeness (QED) is 0.940. The summed E-state index contributed by atoms with van der Waals surface area (Å²) in [5, 5.41) is 5.90. The number of carbonyl (C=O) groups is 1. The van der Waals surface area contributed by atoms with Crippen LogP contribution in [-0.4, -0.2) is 45.9 Å². The van der Waals surface area contributed by atoms with Crippen LogP contribution in [0.25, 0.3) is 10.6 Å². The highest BCUT2D eigenvalue weighted by molar-refractivity contribution is 7.13. The fraction of sp³-hybridized carbons (Fsp3) is 0.471. The highest BCUT2D eigenvalue weighted by Gasteiger charge is 2.40. The number of fused-ring (bicyclic) bond motifs is 3. The van der Waals surface area contributed by atoms with E-state index in [2.05, 4.69) is 27.1 Å². The highest BCUT2D eigenvalue weighted by Crippen LogP contribution is 2.32. The van der Waals surface area contributed by atoms with E-state index < -0.39 is 0 Å². The van der Waals surface area contributed by atoms with Crippen LogP contribution in [0.3, 0.4) is 0 Å². The number of hydrogen-bond donors (Lipinski definition) is 1. The summed E-state index contributed by atoms with van der Waals surface area (Å²) in [6.45, 7) is 4.55. The molecule has 3 aliphatic heterocycles. The molecule has 0 aliphatic carbocycles. The van der Waals surface area contributed by atoms with E-state index in [1.807, 2.05) is 17.5 Å². The topological polar surface area (TPSA) is 58.1 Å². The Kier molecular flexibility index (Phi) is 3.87. The third-order valence-electron chi connectivity index (χ3n) is 5.12. The molecule has 0 spiro atoms. The molecule has 120 valence electrons. The van der Waals surface area contributed by atoms with Crippen molar-refractivity contribution in [2.24, 2.45) is 5.92 Å².